The van der Waals surface area contributed by atoms with E-state index >= 15 is 0 Å². The number of carbonyl (C=O) groups is 1. The summed E-state index contributed by atoms with van der Waals surface area (Å²) < 4.78 is 18.5. The van der Waals surface area contributed by atoms with Gasteiger partial charge in [0.15, 0.2) is 0 Å². The van der Waals surface area contributed by atoms with Crippen molar-refractivity contribution in [2.24, 2.45) is 0 Å². The van der Waals surface area contributed by atoms with Gasteiger partial charge in [-0.15, -0.1) is 0 Å². The maximum absolute atomic E-state index is 13.0. The van der Waals surface area contributed by atoms with Gasteiger partial charge in [-0.2, -0.15) is 0 Å². The lowest BCUT2D eigenvalue weighted by Crippen LogP contribution is -2.03. The van der Waals surface area contributed by atoms with Crippen molar-refractivity contribution in [2.75, 3.05) is 0 Å². The van der Waals surface area contributed by atoms with Crippen molar-refractivity contribution >= 4 is 5.97 Å². The van der Waals surface area contributed by atoms with Gasteiger partial charge in [0.25, 0.3) is 0 Å². The monoisotopic (exact) mass is 289 g/mol. The number of aromatic nitrogens is 1. The zero-order valence-corrected chi connectivity index (χ0v) is 11.7. The Kier molecular flexibility index (Phi) is 4.87. The second kappa shape index (κ2) is 6.83. The molecule has 0 saturated heterocycles. The summed E-state index contributed by atoms with van der Waals surface area (Å²) in [6, 6.07) is 8.24. The van der Waals surface area contributed by atoms with E-state index in [0.717, 1.165) is 31.5 Å². The number of ether oxygens (including phenoxy) is 1. The van der Waals surface area contributed by atoms with Gasteiger partial charge >= 0.3 is 5.97 Å². The summed E-state index contributed by atoms with van der Waals surface area (Å²) in [5, 5.41) is 9.02. The van der Waals surface area contributed by atoms with Gasteiger partial charge in [-0.05, 0) is 36.6 Å². The first kappa shape index (κ1) is 15.0. The second-order valence-electron chi connectivity index (χ2n) is 4.66. The van der Waals surface area contributed by atoms with Crippen molar-refractivity contribution in [3.8, 4) is 11.6 Å². The maximum Gasteiger partial charge on any atom is 0.341 e. The van der Waals surface area contributed by atoms with Gasteiger partial charge in [-0.25, -0.2) is 14.2 Å². The topological polar surface area (TPSA) is 59.4 Å². The molecular weight excluding hydrogens is 273 g/mol. The van der Waals surface area contributed by atoms with Crippen LogP contribution in [0.15, 0.2) is 36.5 Å². The zero-order chi connectivity index (χ0) is 15.2. The average Bonchev–Trinajstić information content (AvgIpc) is 2.48. The van der Waals surface area contributed by atoms with Crippen LogP contribution in [0, 0.1) is 5.82 Å². The minimum Gasteiger partial charge on any atom is -0.477 e. The van der Waals surface area contributed by atoms with E-state index in [1.165, 1.54) is 5.56 Å². The van der Waals surface area contributed by atoms with Crippen molar-refractivity contribution in [1.82, 2.24) is 4.98 Å². The summed E-state index contributed by atoms with van der Waals surface area (Å²) in [4.78, 5) is 14.7. The van der Waals surface area contributed by atoms with Crippen LogP contribution in [0.2, 0.25) is 0 Å². The molecule has 0 aliphatic heterocycles. The Balaban J connectivity index is 2.16. The van der Waals surface area contributed by atoms with E-state index in [2.05, 4.69) is 11.9 Å². The Morgan fingerprint density at radius 1 is 1.33 bits per heavy atom. The number of aromatic carboxylic acids is 1. The van der Waals surface area contributed by atoms with Crippen LogP contribution in [0.4, 0.5) is 4.39 Å². The lowest BCUT2D eigenvalue weighted by molar-refractivity contribution is 0.0692. The van der Waals surface area contributed by atoms with Gasteiger partial charge in [0.05, 0.1) is 6.20 Å². The van der Waals surface area contributed by atoms with E-state index in [4.69, 9.17) is 9.84 Å². The highest BCUT2D eigenvalue weighted by atomic mass is 19.1. The Labute approximate surface area is 122 Å². The van der Waals surface area contributed by atoms with Gasteiger partial charge in [0.2, 0.25) is 5.88 Å². The number of benzene rings is 1. The molecule has 110 valence electrons. The molecule has 2 rings (SSSR count). The largest absolute Gasteiger partial charge is 0.477 e. The number of unbranched alkanes of at least 4 members (excludes halogenated alkanes) is 1. The van der Waals surface area contributed by atoms with Crippen LogP contribution in [0.5, 0.6) is 11.6 Å². The predicted molar refractivity (Wildman–Crippen MR) is 76.3 cm³/mol. The van der Waals surface area contributed by atoms with Gasteiger partial charge in [-0.3, -0.25) is 0 Å². The summed E-state index contributed by atoms with van der Waals surface area (Å²) in [6.45, 7) is 2.13. The van der Waals surface area contributed by atoms with Crippen LogP contribution < -0.4 is 4.74 Å². The average molecular weight is 289 g/mol. The van der Waals surface area contributed by atoms with E-state index in [9.17, 15) is 9.18 Å². The predicted octanol–water partition coefficient (Wildman–Crippen LogP) is 4.05. The molecule has 0 aliphatic carbocycles. The normalized spacial score (nSPS) is 10.4. The highest BCUT2D eigenvalue weighted by Crippen LogP contribution is 2.24. The summed E-state index contributed by atoms with van der Waals surface area (Å²) in [5.74, 6) is -1.65. The molecule has 0 saturated carbocycles. The molecule has 0 radical (unpaired) electrons. The third-order valence-electron chi connectivity index (χ3n) is 3.01. The number of aryl methyl sites for hydroxylation is 1. The lowest BCUT2D eigenvalue weighted by Gasteiger charge is -2.08. The first-order valence-corrected chi connectivity index (χ1v) is 6.75. The van der Waals surface area contributed by atoms with Crippen LogP contribution in [0.3, 0.4) is 0 Å². The standard InChI is InChI=1S/C16H16FNO3/c1-2-3-4-11-5-7-13(8-6-11)21-15-14(16(19)20)9-12(17)10-18-15/h5-10H,2-4H2,1H3,(H,19,20). The number of hydrogen-bond acceptors (Lipinski definition) is 3. The molecule has 0 spiro atoms. The molecule has 1 aromatic heterocycles. The molecule has 5 heteroatoms. The molecule has 0 fully saturated rings. The fourth-order valence-corrected chi connectivity index (χ4v) is 1.88. The smallest absolute Gasteiger partial charge is 0.341 e. The molecule has 21 heavy (non-hydrogen) atoms. The first-order valence-electron chi connectivity index (χ1n) is 6.75. The quantitative estimate of drug-likeness (QED) is 0.871. The van der Waals surface area contributed by atoms with Crippen molar-refractivity contribution in [1.29, 1.82) is 0 Å². The molecule has 1 heterocycles. The van der Waals surface area contributed by atoms with Crippen LogP contribution >= 0.6 is 0 Å². The summed E-state index contributed by atoms with van der Waals surface area (Å²) >= 11 is 0. The van der Waals surface area contributed by atoms with Gasteiger partial charge < -0.3 is 9.84 Å². The van der Waals surface area contributed by atoms with Crippen LogP contribution in [0.25, 0.3) is 0 Å². The summed E-state index contributed by atoms with van der Waals surface area (Å²) in [7, 11) is 0. The molecule has 0 bridgehead atoms. The fraction of sp³-hybridized carbons (Fsp3) is 0.250. The molecule has 0 aliphatic rings. The summed E-state index contributed by atoms with van der Waals surface area (Å²) in [5.41, 5.74) is 0.889. The molecule has 4 nitrogen and oxygen atoms in total. The van der Waals surface area contributed by atoms with Crippen molar-refractivity contribution in [3.63, 3.8) is 0 Å². The fourth-order valence-electron chi connectivity index (χ4n) is 1.88. The third-order valence-corrected chi connectivity index (χ3v) is 3.01. The van der Waals surface area contributed by atoms with Gasteiger partial charge in [0, 0.05) is 0 Å². The minimum atomic E-state index is -1.28. The number of halogens is 1. The van der Waals surface area contributed by atoms with Gasteiger partial charge in [0.1, 0.15) is 17.1 Å². The van der Waals surface area contributed by atoms with Crippen molar-refractivity contribution in [2.45, 2.75) is 26.2 Å². The second-order valence-corrected chi connectivity index (χ2v) is 4.66. The highest BCUT2D eigenvalue weighted by Gasteiger charge is 2.15. The van der Waals surface area contributed by atoms with Crippen molar-refractivity contribution in [3.05, 3.63) is 53.5 Å². The third kappa shape index (κ3) is 4.02. The van der Waals surface area contributed by atoms with Crippen LogP contribution in [-0.2, 0) is 6.42 Å². The minimum absolute atomic E-state index is 0.120. The van der Waals surface area contributed by atoms with E-state index in [0.29, 0.717) is 5.75 Å². The molecule has 2 aromatic rings. The highest BCUT2D eigenvalue weighted by molar-refractivity contribution is 5.90. The number of rotatable bonds is 6. The summed E-state index contributed by atoms with van der Waals surface area (Å²) in [6.07, 6.45) is 4.16. The Bertz CT molecular complexity index is 626. The SMILES string of the molecule is CCCCc1ccc(Oc2ncc(F)cc2C(=O)O)cc1. The number of pyridine rings is 1. The molecule has 0 unspecified atom stereocenters. The van der Waals surface area contributed by atoms with E-state index in [1.54, 1.807) is 12.1 Å². The zero-order valence-electron chi connectivity index (χ0n) is 11.7. The number of carboxylic acid groups (broad SMARTS) is 1. The Morgan fingerprint density at radius 2 is 2.05 bits per heavy atom. The molecule has 0 atom stereocenters. The van der Waals surface area contributed by atoms with Crippen molar-refractivity contribution < 1.29 is 19.0 Å². The Hall–Kier alpha value is -2.43. The van der Waals surface area contributed by atoms with E-state index in [-0.39, 0.29) is 11.4 Å². The van der Waals surface area contributed by atoms with Crippen LogP contribution in [-0.4, -0.2) is 16.1 Å². The lowest BCUT2D eigenvalue weighted by atomic mass is 10.1. The van der Waals surface area contributed by atoms with E-state index in [1.807, 2.05) is 12.1 Å². The molecule has 1 aromatic carbocycles. The van der Waals surface area contributed by atoms with E-state index < -0.39 is 11.8 Å². The molecule has 1 N–H and O–H groups in total. The van der Waals surface area contributed by atoms with Crippen LogP contribution in [0.1, 0.15) is 35.7 Å². The number of hydrogen-bond donors (Lipinski definition) is 1. The first-order chi connectivity index (χ1) is 10.1. The van der Waals surface area contributed by atoms with Gasteiger partial charge in [-0.1, -0.05) is 25.5 Å². The maximum atomic E-state index is 13.0. The number of carboxylic acids is 1. The molecule has 0 amide bonds. The Morgan fingerprint density at radius 3 is 2.67 bits per heavy atom. The number of nitrogens with zero attached hydrogens (tertiary/aromatic N) is 1. The molecular formula is C16H16FNO3.